The molecule has 0 spiro atoms. The molecule has 0 saturated heterocycles. The molecule has 0 aliphatic heterocycles. The van der Waals surface area contributed by atoms with E-state index in [2.05, 4.69) is 38.0 Å². The van der Waals surface area contributed by atoms with Gasteiger partial charge in [0.2, 0.25) is 0 Å². The lowest BCUT2D eigenvalue weighted by atomic mass is 9.98. The van der Waals surface area contributed by atoms with Crippen LogP contribution in [-0.2, 0) is 0 Å². The van der Waals surface area contributed by atoms with Gasteiger partial charge in [-0.1, -0.05) is 41.9 Å². The Morgan fingerprint density at radius 1 is 0.903 bits per heavy atom. The van der Waals surface area contributed by atoms with Gasteiger partial charge in [-0.15, -0.1) is 0 Å². The van der Waals surface area contributed by atoms with Crippen molar-refractivity contribution in [3.05, 3.63) is 98.8 Å². The molecule has 0 fully saturated rings. The number of nitrogens with zero attached hydrogens (tertiary/aromatic N) is 1. The van der Waals surface area contributed by atoms with Gasteiger partial charge in [0.15, 0.2) is 5.82 Å². The zero-order valence-corrected chi connectivity index (χ0v) is 18.8. The van der Waals surface area contributed by atoms with Crippen molar-refractivity contribution in [3.63, 3.8) is 0 Å². The van der Waals surface area contributed by atoms with Crippen LogP contribution in [-0.4, -0.2) is 15.9 Å². The molecule has 1 aromatic heterocycles. The van der Waals surface area contributed by atoms with E-state index in [1.54, 1.807) is 12.1 Å². The molecule has 2 N–H and O–H groups in total. The standard InChI is InChI=1S/C26H24ClN3O/c1-15-16(2)18(4)24-23(17(15)3)29-25(30-24)22(14-19-10-12-21(27)13-11-19)28-26(31)20-8-6-5-7-9-20/h5-14H,1-4H3,(H,28,31)(H,29,30)/b22-14-. The molecular weight excluding hydrogens is 406 g/mol. The quantitative estimate of drug-likeness (QED) is 0.395. The summed E-state index contributed by atoms with van der Waals surface area (Å²) in [5, 5.41) is 3.70. The molecule has 5 heteroatoms. The lowest BCUT2D eigenvalue weighted by Crippen LogP contribution is -2.22. The molecule has 0 saturated carbocycles. The number of benzene rings is 3. The van der Waals surface area contributed by atoms with Crippen molar-refractivity contribution >= 4 is 40.3 Å². The predicted molar refractivity (Wildman–Crippen MR) is 128 cm³/mol. The summed E-state index contributed by atoms with van der Waals surface area (Å²) in [5.74, 6) is 0.424. The number of rotatable bonds is 4. The van der Waals surface area contributed by atoms with Gasteiger partial charge in [-0.3, -0.25) is 4.79 Å². The summed E-state index contributed by atoms with van der Waals surface area (Å²) in [5.41, 5.74) is 8.79. The lowest BCUT2D eigenvalue weighted by molar-refractivity contribution is 0.0973. The first kappa shape index (κ1) is 20.9. The molecule has 1 heterocycles. The maximum Gasteiger partial charge on any atom is 0.255 e. The number of fused-ring (bicyclic) bond motifs is 1. The van der Waals surface area contributed by atoms with Crippen molar-refractivity contribution in [2.45, 2.75) is 27.7 Å². The monoisotopic (exact) mass is 429 g/mol. The molecule has 0 radical (unpaired) electrons. The van der Waals surface area contributed by atoms with Crippen LogP contribution in [0.1, 0.15) is 44.0 Å². The third-order valence-electron chi connectivity index (χ3n) is 5.84. The van der Waals surface area contributed by atoms with Crippen molar-refractivity contribution in [2.75, 3.05) is 0 Å². The molecule has 0 aliphatic rings. The maximum absolute atomic E-state index is 12.9. The minimum Gasteiger partial charge on any atom is -0.336 e. The molecule has 3 aromatic carbocycles. The van der Waals surface area contributed by atoms with Crippen LogP contribution in [0, 0.1) is 27.7 Å². The second kappa shape index (κ2) is 8.40. The molecule has 0 unspecified atom stereocenters. The van der Waals surface area contributed by atoms with Crippen LogP contribution in [0.15, 0.2) is 54.6 Å². The summed E-state index contributed by atoms with van der Waals surface area (Å²) in [6, 6.07) is 16.6. The van der Waals surface area contributed by atoms with E-state index in [1.807, 2.05) is 48.5 Å². The van der Waals surface area contributed by atoms with Gasteiger partial charge < -0.3 is 10.3 Å². The van der Waals surface area contributed by atoms with Gasteiger partial charge in [0.25, 0.3) is 5.91 Å². The second-order valence-corrected chi connectivity index (χ2v) is 8.18. The van der Waals surface area contributed by atoms with Crippen molar-refractivity contribution in [3.8, 4) is 0 Å². The van der Waals surface area contributed by atoms with Gasteiger partial charge >= 0.3 is 0 Å². The summed E-state index contributed by atoms with van der Waals surface area (Å²) >= 11 is 6.04. The summed E-state index contributed by atoms with van der Waals surface area (Å²) < 4.78 is 0. The van der Waals surface area contributed by atoms with Gasteiger partial charge in [-0.05, 0) is 85.9 Å². The van der Waals surface area contributed by atoms with Gasteiger partial charge in [-0.25, -0.2) is 4.98 Å². The van der Waals surface area contributed by atoms with Gasteiger partial charge in [0.05, 0.1) is 16.7 Å². The molecule has 0 aliphatic carbocycles. The Bertz CT molecular complexity index is 1260. The maximum atomic E-state index is 12.9. The highest BCUT2D eigenvalue weighted by Gasteiger charge is 2.17. The van der Waals surface area contributed by atoms with E-state index in [4.69, 9.17) is 16.6 Å². The van der Waals surface area contributed by atoms with Gasteiger partial charge in [0, 0.05) is 10.6 Å². The third kappa shape index (κ3) is 4.12. The summed E-state index contributed by atoms with van der Waals surface area (Å²) in [7, 11) is 0. The number of imidazole rings is 1. The van der Waals surface area contributed by atoms with Crippen molar-refractivity contribution in [1.82, 2.24) is 15.3 Å². The average molecular weight is 430 g/mol. The number of H-pyrrole nitrogens is 1. The average Bonchev–Trinajstić information content (AvgIpc) is 3.23. The molecule has 4 nitrogen and oxygen atoms in total. The molecule has 1 amide bonds. The summed E-state index contributed by atoms with van der Waals surface area (Å²) in [6.45, 7) is 8.42. The number of amides is 1. The molecule has 156 valence electrons. The van der Waals surface area contributed by atoms with E-state index >= 15 is 0 Å². The van der Waals surface area contributed by atoms with Crippen molar-refractivity contribution in [1.29, 1.82) is 0 Å². The van der Waals surface area contributed by atoms with Crippen LogP contribution < -0.4 is 5.32 Å². The number of hydrogen-bond donors (Lipinski definition) is 2. The third-order valence-corrected chi connectivity index (χ3v) is 6.09. The van der Waals surface area contributed by atoms with Crippen LogP contribution in [0.5, 0.6) is 0 Å². The predicted octanol–water partition coefficient (Wildman–Crippen LogP) is 6.38. The number of carbonyl (C=O) groups is 1. The van der Waals surface area contributed by atoms with E-state index in [0.717, 1.165) is 27.7 Å². The second-order valence-electron chi connectivity index (χ2n) is 7.74. The Labute approximate surface area is 187 Å². The van der Waals surface area contributed by atoms with Crippen LogP contribution in [0.25, 0.3) is 22.8 Å². The molecule has 0 atom stereocenters. The Kier molecular flexibility index (Phi) is 5.66. The number of halogens is 1. The first-order valence-electron chi connectivity index (χ1n) is 10.1. The minimum absolute atomic E-state index is 0.193. The van der Waals surface area contributed by atoms with Gasteiger partial charge in [0.1, 0.15) is 0 Å². The number of hydrogen-bond acceptors (Lipinski definition) is 2. The zero-order valence-electron chi connectivity index (χ0n) is 18.0. The first-order valence-corrected chi connectivity index (χ1v) is 10.5. The molecule has 0 bridgehead atoms. The number of aromatic nitrogens is 2. The van der Waals surface area contributed by atoms with Crippen LogP contribution >= 0.6 is 11.6 Å². The zero-order chi connectivity index (χ0) is 22.1. The number of nitrogens with one attached hydrogen (secondary N) is 2. The van der Waals surface area contributed by atoms with E-state index in [0.29, 0.717) is 22.1 Å². The smallest absolute Gasteiger partial charge is 0.255 e. The fourth-order valence-corrected chi connectivity index (χ4v) is 3.77. The highest BCUT2D eigenvalue weighted by molar-refractivity contribution is 6.30. The van der Waals surface area contributed by atoms with Gasteiger partial charge in [-0.2, -0.15) is 0 Å². The Morgan fingerprint density at radius 2 is 1.55 bits per heavy atom. The normalized spacial score (nSPS) is 11.7. The van der Waals surface area contributed by atoms with Crippen LogP contribution in [0.4, 0.5) is 0 Å². The summed E-state index contributed by atoms with van der Waals surface area (Å²) in [4.78, 5) is 21.2. The van der Waals surface area contributed by atoms with E-state index in [-0.39, 0.29) is 5.91 Å². The SMILES string of the molecule is Cc1c(C)c(C)c2[nH]c(/C(=C/c3ccc(Cl)cc3)NC(=O)c3ccccc3)nc2c1C. The first-order chi connectivity index (χ1) is 14.8. The summed E-state index contributed by atoms with van der Waals surface area (Å²) in [6.07, 6.45) is 1.90. The van der Waals surface area contributed by atoms with Crippen molar-refractivity contribution < 1.29 is 4.79 Å². The van der Waals surface area contributed by atoms with Crippen LogP contribution in [0.3, 0.4) is 0 Å². The Hall–Kier alpha value is -3.37. The highest BCUT2D eigenvalue weighted by Crippen LogP contribution is 2.29. The fourth-order valence-electron chi connectivity index (χ4n) is 3.64. The number of carbonyl (C=O) groups excluding carboxylic acids is 1. The topological polar surface area (TPSA) is 57.8 Å². The molecule has 4 aromatic rings. The molecule has 31 heavy (non-hydrogen) atoms. The largest absolute Gasteiger partial charge is 0.336 e. The van der Waals surface area contributed by atoms with Crippen molar-refractivity contribution in [2.24, 2.45) is 0 Å². The number of aromatic amines is 1. The fraction of sp³-hybridized carbons (Fsp3) is 0.154. The Morgan fingerprint density at radius 3 is 2.23 bits per heavy atom. The van der Waals surface area contributed by atoms with Crippen LogP contribution in [0.2, 0.25) is 5.02 Å². The molecule has 4 rings (SSSR count). The number of aryl methyl sites for hydroxylation is 2. The Balaban J connectivity index is 1.84. The van der Waals surface area contributed by atoms with E-state index in [9.17, 15) is 4.79 Å². The minimum atomic E-state index is -0.193. The lowest BCUT2D eigenvalue weighted by Gasteiger charge is -2.09. The molecular formula is C26H24ClN3O. The van der Waals surface area contributed by atoms with E-state index < -0.39 is 0 Å². The highest BCUT2D eigenvalue weighted by atomic mass is 35.5. The van der Waals surface area contributed by atoms with E-state index in [1.165, 1.54) is 11.1 Å².